The highest BCUT2D eigenvalue weighted by Crippen LogP contribution is 2.36. The van der Waals surface area contributed by atoms with E-state index >= 15 is 0 Å². The fourth-order valence-electron chi connectivity index (χ4n) is 3.86. The molecule has 0 aliphatic carbocycles. The number of carbonyl (C=O) groups excluding carboxylic acids is 2. The van der Waals surface area contributed by atoms with E-state index in [1.807, 2.05) is 31.2 Å². The van der Waals surface area contributed by atoms with Gasteiger partial charge in [-0.15, -0.1) is 0 Å². The number of hydrogen-bond acceptors (Lipinski definition) is 6. The van der Waals surface area contributed by atoms with Crippen molar-refractivity contribution in [1.82, 2.24) is 0 Å². The number of nitrogens with one attached hydrogen (secondary N) is 1. The van der Waals surface area contributed by atoms with Crippen LogP contribution in [0.1, 0.15) is 22.8 Å². The quantitative estimate of drug-likeness (QED) is 0.517. The van der Waals surface area contributed by atoms with E-state index < -0.39 is 6.10 Å². The summed E-state index contributed by atoms with van der Waals surface area (Å²) in [4.78, 5) is 27.3. The monoisotopic (exact) mass is 476 g/mol. The molecule has 2 amide bonds. The van der Waals surface area contributed by atoms with Crippen molar-refractivity contribution in [1.29, 1.82) is 0 Å². The van der Waals surface area contributed by atoms with Crippen molar-refractivity contribution >= 4 is 23.2 Å². The number of rotatable bonds is 8. The molecule has 0 bridgehead atoms. The third kappa shape index (κ3) is 5.32. The van der Waals surface area contributed by atoms with Crippen LogP contribution in [-0.2, 0) is 4.79 Å². The average Bonchev–Trinajstić information content (AvgIpc) is 2.85. The first-order valence-corrected chi connectivity index (χ1v) is 11.2. The molecule has 1 atom stereocenters. The van der Waals surface area contributed by atoms with Crippen LogP contribution >= 0.6 is 0 Å². The van der Waals surface area contributed by atoms with E-state index in [1.54, 1.807) is 48.2 Å². The van der Waals surface area contributed by atoms with Gasteiger partial charge in [-0.1, -0.05) is 12.1 Å². The molecule has 4 rings (SSSR count). The second-order valence-electron chi connectivity index (χ2n) is 8.12. The van der Waals surface area contributed by atoms with E-state index in [-0.39, 0.29) is 11.8 Å². The average molecular weight is 477 g/mol. The van der Waals surface area contributed by atoms with Gasteiger partial charge in [0, 0.05) is 17.3 Å². The summed E-state index contributed by atoms with van der Waals surface area (Å²) in [5.74, 6) is 1.81. The summed E-state index contributed by atoms with van der Waals surface area (Å²) in [6, 6.07) is 17.9. The second kappa shape index (κ2) is 10.4. The van der Waals surface area contributed by atoms with Gasteiger partial charge in [0.1, 0.15) is 18.1 Å². The highest BCUT2D eigenvalue weighted by atomic mass is 16.5. The summed E-state index contributed by atoms with van der Waals surface area (Å²) in [6.45, 7) is 4.40. The van der Waals surface area contributed by atoms with Crippen LogP contribution in [0.4, 0.5) is 11.4 Å². The number of ether oxygens (including phenoxy) is 4. The van der Waals surface area contributed by atoms with Crippen molar-refractivity contribution < 1.29 is 28.5 Å². The molecule has 0 spiro atoms. The number of methoxy groups -OCH3 is 2. The van der Waals surface area contributed by atoms with Gasteiger partial charge in [-0.25, -0.2) is 0 Å². The van der Waals surface area contributed by atoms with Crippen LogP contribution in [-0.4, -0.2) is 45.3 Å². The van der Waals surface area contributed by atoms with Crippen LogP contribution in [0.3, 0.4) is 0 Å². The van der Waals surface area contributed by atoms with Crippen molar-refractivity contribution in [2.24, 2.45) is 0 Å². The molecule has 0 aromatic heterocycles. The Bertz CT molecular complexity index is 1240. The van der Waals surface area contributed by atoms with Gasteiger partial charge in [0.15, 0.2) is 17.6 Å². The third-order valence-corrected chi connectivity index (χ3v) is 5.64. The topological polar surface area (TPSA) is 86.3 Å². The van der Waals surface area contributed by atoms with Gasteiger partial charge >= 0.3 is 0 Å². The van der Waals surface area contributed by atoms with Gasteiger partial charge in [0.25, 0.3) is 11.8 Å². The second-order valence-corrected chi connectivity index (χ2v) is 8.12. The molecule has 35 heavy (non-hydrogen) atoms. The number of anilines is 2. The zero-order valence-corrected chi connectivity index (χ0v) is 20.2. The zero-order valence-electron chi connectivity index (χ0n) is 20.2. The molecule has 0 radical (unpaired) electrons. The molecule has 1 unspecified atom stereocenters. The SMILES string of the molecule is COc1ccc(C(=O)Nc2ccc3c(c2)OC(C)C(=O)N3CCOc2cccc(C)c2)cc1OC. The number of benzene rings is 3. The van der Waals surface area contributed by atoms with Gasteiger partial charge in [-0.3, -0.25) is 9.59 Å². The Morgan fingerprint density at radius 2 is 1.83 bits per heavy atom. The van der Waals surface area contributed by atoms with Crippen LogP contribution in [0.5, 0.6) is 23.0 Å². The van der Waals surface area contributed by atoms with Crippen molar-refractivity contribution in [3.63, 3.8) is 0 Å². The van der Waals surface area contributed by atoms with E-state index in [9.17, 15) is 9.59 Å². The minimum absolute atomic E-state index is 0.146. The lowest BCUT2D eigenvalue weighted by atomic mass is 10.1. The largest absolute Gasteiger partial charge is 0.493 e. The van der Waals surface area contributed by atoms with Gasteiger partial charge in [0.05, 0.1) is 26.5 Å². The number of carbonyl (C=O) groups is 2. The summed E-state index contributed by atoms with van der Waals surface area (Å²) in [7, 11) is 3.05. The summed E-state index contributed by atoms with van der Waals surface area (Å²) >= 11 is 0. The lowest BCUT2D eigenvalue weighted by Gasteiger charge is -2.33. The maximum Gasteiger partial charge on any atom is 0.267 e. The molecule has 3 aromatic rings. The van der Waals surface area contributed by atoms with Gasteiger partial charge in [-0.2, -0.15) is 0 Å². The highest BCUT2D eigenvalue weighted by Gasteiger charge is 2.31. The lowest BCUT2D eigenvalue weighted by Crippen LogP contribution is -2.46. The Kier molecular flexibility index (Phi) is 7.10. The van der Waals surface area contributed by atoms with E-state index in [0.717, 1.165) is 11.3 Å². The fourth-order valence-corrected chi connectivity index (χ4v) is 3.86. The molecule has 1 aliphatic rings. The van der Waals surface area contributed by atoms with E-state index in [1.165, 1.54) is 14.2 Å². The Balaban J connectivity index is 1.48. The molecular weight excluding hydrogens is 448 g/mol. The van der Waals surface area contributed by atoms with E-state index in [0.29, 0.717) is 47.3 Å². The normalized spacial score (nSPS) is 14.6. The minimum atomic E-state index is -0.654. The number of amides is 2. The summed E-state index contributed by atoms with van der Waals surface area (Å²) in [6.07, 6.45) is -0.654. The van der Waals surface area contributed by atoms with Gasteiger partial charge in [-0.05, 0) is 61.9 Å². The molecule has 182 valence electrons. The summed E-state index contributed by atoms with van der Waals surface area (Å²) < 4.78 is 22.2. The Morgan fingerprint density at radius 1 is 1.03 bits per heavy atom. The zero-order chi connectivity index (χ0) is 24.9. The van der Waals surface area contributed by atoms with Crippen LogP contribution in [0.15, 0.2) is 60.7 Å². The molecule has 1 aliphatic heterocycles. The summed E-state index contributed by atoms with van der Waals surface area (Å²) in [5.41, 5.74) is 2.69. The first-order chi connectivity index (χ1) is 16.9. The first kappa shape index (κ1) is 23.9. The molecule has 8 heteroatoms. The molecule has 1 N–H and O–H groups in total. The number of fused-ring (bicyclic) bond motifs is 1. The maximum absolute atomic E-state index is 12.8. The molecule has 1 heterocycles. The minimum Gasteiger partial charge on any atom is -0.493 e. The molecule has 3 aromatic carbocycles. The van der Waals surface area contributed by atoms with E-state index in [4.69, 9.17) is 18.9 Å². The van der Waals surface area contributed by atoms with Crippen molar-refractivity contribution in [2.75, 3.05) is 37.6 Å². The molecular formula is C27H28N2O6. The summed E-state index contributed by atoms with van der Waals surface area (Å²) in [5, 5.41) is 2.86. The molecule has 0 fully saturated rings. The smallest absolute Gasteiger partial charge is 0.267 e. The van der Waals surface area contributed by atoms with Gasteiger partial charge in [0.2, 0.25) is 0 Å². The molecule has 0 saturated heterocycles. The highest BCUT2D eigenvalue weighted by molar-refractivity contribution is 6.05. The first-order valence-electron chi connectivity index (χ1n) is 11.2. The molecule has 0 saturated carbocycles. The van der Waals surface area contributed by atoms with Crippen molar-refractivity contribution in [3.05, 3.63) is 71.8 Å². The van der Waals surface area contributed by atoms with Crippen molar-refractivity contribution in [2.45, 2.75) is 20.0 Å². The van der Waals surface area contributed by atoms with E-state index in [2.05, 4.69) is 5.32 Å². The third-order valence-electron chi connectivity index (χ3n) is 5.64. The number of aryl methyl sites for hydroxylation is 1. The Morgan fingerprint density at radius 3 is 2.57 bits per heavy atom. The number of hydrogen-bond donors (Lipinski definition) is 1. The molecule has 8 nitrogen and oxygen atoms in total. The van der Waals surface area contributed by atoms with Crippen LogP contribution in [0.2, 0.25) is 0 Å². The Hall–Kier alpha value is -4.20. The Labute approximate surface area is 204 Å². The van der Waals surface area contributed by atoms with Gasteiger partial charge < -0.3 is 29.2 Å². The van der Waals surface area contributed by atoms with Crippen LogP contribution in [0, 0.1) is 6.92 Å². The number of nitrogens with zero attached hydrogens (tertiary/aromatic N) is 1. The van der Waals surface area contributed by atoms with Crippen molar-refractivity contribution in [3.8, 4) is 23.0 Å². The lowest BCUT2D eigenvalue weighted by molar-refractivity contribution is -0.125. The predicted octanol–water partition coefficient (Wildman–Crippen LogP) is 4.46. The fraction of sp³-hybridized carbons (Fsp3) is 0.259. The maximum atomic E-state index is 12.8. The van der Waals surface area contributed by atoms with Crippen LogP contribution < -0.4 is 29.2 Å². The predicted molar refractivity (Wildman–Crippen MR) is 133 cm³/mol. The van der Waals surface area contributed by atoms with Crippen LogP contribution in [0.25, 0.3) is 0 Å². The standard InChI is InChI=1S/C27H28N2O6/c1-17-6-5-7-21(14-17)34-13-12-29-22-10-9-20(16-24(22)35-18(2)27(29)31)28-26(30)19-8-11-23(32-3)25(15-19)33-4/h5-11,14-16,18H,12-13H2,1-4H3,(H,28,30).